The first-order valence-corrected chi connectivity index (χ1v) is 11.0. The molecule has 0 amide bonds. The Labute approximate surface area is 190 Å². The smallest absolute Gasteiger partial charge is 0.416 e. The van der Waals surface area contributed by atoms with Crippen LogP contribution in [0.25, 0.3) is 10.2 Å². The van der Waals surface area contributed by atoms with Gasteiger partial charge in [-0.3, -0.25) is 4.99 Å². The number of halogens is 6. The lowest BCUT2D eigenvalue weighted by molar-refractivity contribution is -0.142. The zero-order valence-corrected chi connectivity index (χ0v) is 17.8. The van der Waals surface area contributed by atoms with E-state index in [1.165, 1.54) is 35.2 Å². The van der Waals surface area contributed by atoms with E-state index in [-0.39, 0.29) is 11.5 Å². The molecule has 0 bridgehead atoms. The van der Waals surface area contributed by atoms with Crippen molar-refractivity contribution in [3.05, 3.63) is 58.1 Å². The summed E-state index contributed by atoms with van der Waals surface area (Å²) < 4.78 is 84.6. The highest BCUT2D eigenvalue weighted by Gasteiger charge is 2.37. The summed E-state index contributed by atoms with van der Waals surface area (Å²) in [6.45, 7) is -0.723. The predicted octanol–water partition coefficient (Wildman–Crippen LogP) is 5.86. The van der Waals surface area contributed by atoms with Crippen LogP contribution in [0.5, 0.6) is 5.75 Å². The number of ether oxygens (including phenoxy) is 1. The number of hydrogen-bond donors (Lipinski definition) is 1. The molecule has 0 saturated heterocycles. The minimum absolute atomic E-state index is 0.146. The molecule has 0 spiro atoms. The lowest BCUT2D eigenvalue weighted by atomic mass is 10.0. The van der Waals surface area contributed by atoms with Gasteiger partial charge in [0, 0.05) is 11.3 Å². The molecule has 13 heteroatoms. The van der Waals surface area contributed by atoms with Crippen molar-refractivity contribution in [3.8, 4) is 5.75 Å². The van der Waals surface area contributed by atoms with Crippen LogP contribution in [0.3, 0.4) is 0 Å². The molecule has 0 saturated carbocycles. The second kappa shape index (κ2) is 8.52. The molecule has 5 nitrogen and oxygen atoms in total. The Kier molecular flexibility index (Phi) is 6.03. The fourth-order valence-corrected chi connectivity index (χ4v) is 5.12. The molecule has 4 rings (SSSR count). The Hall–Kier alpha value is -2.80. The van der Waals surface area contributed by atoms with E-state index < -0.39 is 47.7 Å². The number of thiazole rings is 1. The summed E-state index contributed by atoms with van der Waals surface area (Å²) in [7, 11) is 0. The number of fused-ring (bicyclic) bond motifs is 1. The lowest BCUT2D eigenvalue weighted by Crippen LogP contribution is -2.17. The third-order valence-electron chi connectivity index (χ3n) is 4.61. The second-order valence-electron chi connectivity index (χ2n) is 6.90. The van der Waals surface area contributed by atoms with Crippen LogP contribution in [0.4, 0.5) is 26.3 Å². The van der Waals surface area contributed by atoms with Crippen molar-refractivity contribution in [2.45, 2.75) is 25.0 Å². The Balaban J connectivity index is 1.58. The fourth-order valence-electron chi connectivity index (χ4n) is 3.03. The molecule has 2 heterocycles. The van der Waals surface area contributed by atoms with E-state index in [0.717, 1.165) is 0 Å². The van der Waals surface area contributed by atoms with Crippen LogP contribution in [0, 0.1) is 0 Å². The van der Waals surface area contributed by atoms with Gasteiger partial charge in [0.25, 0.3) is 0 Å². The van der Waals surface area contributed by atoms with E-state index in [2.05, 4.69) is 9.98 Å². The summed E-state index contributed by atoms with van der Waals surface area (Å²) in [5, 5.41) is 10.0. The van der Waals surface area contributed by atoms with E-state index in [1.807, 2.05) is 0 Å². The van der Waals surface area contributed by atoms with Gasteiger partial charge in [-0.2, -0.15) is 26.3 Å². The summed E-state index contributed by atoms with van der Waals surface area (Å²) in [5.74, 6) is -0.609. The maximum absolute atomic E-state index is 13.2. The summed E-state index contributed by atoms with van der Waals surface area (Å²) in [4.78, 5) is 19.5. The first-order valence-electron chi connectivity index (χ1n) is 9.16. The lowest BCUT2D eigenvalue weighted by Gasteiger charge is -2.16. The van der Waals surface area contributed by atoms with Crippen molar-refractivity contribution in [2.75, 3.05) is 5.75 Å². The SMILES string of the molecule is O=C(O)C1CSC(c2nc3ccc(OCc4cc(C(F)(F)F)ccc4C(F)(F)F)cc3s2)=N1. The van der Waals surface area contributed by atoms with Gasteiger partial charge in [-0.25, -0.2) is 9.78 Å². The van der Waals surface area contributed by atoms with E-state index in [0.29, 0.717) is 38.5 Å². The van der Waals surface area contributed by atoms with Gasteiger partial charge < -0.3 is 9.84 Å². The minimum Gasteiger partial charge on any atom is -0.489 e. The Morgan fingerprint density at radius 2 is 1.85 bits per heavy atom. The quantitative estimate of drug-likeness (QED) is 0.439. The third kappa shape index (κ3) is 5.08. The number of rotatable bonds is 5. The number of alkyl halides is 6. The van der Waals surface area contributed by atoms with Gasteiger partial charge in [0.2, 0.25) is 0 Å². The van der Waals surface area contributed by atoms with Crippen LogP contribution < -0.4 is 4.74 Å². The van der Waals surface area contributed by atoms with Crippen LogP contribution in [-0.2, 0) is 23.8 Å². The van der Waals surface area contributed by atoms with Gasteiger partial charge in [-0.1, -0.05) is 0 Å². The molecule has 1 aliphatic heterocycles. The Bertz CT molecular complexity index is 1250. The van der Waals surface area contributed by atoms with Gasteiger partial charge in [-0.15, -0.1) is 23.1 Å². The predicted molar refractivity (Wildman–Crippen MR) is 111 cm³/mol. The first kappa shape index (κ1) is 23.4. The van der Waals surface area contributed by atoms with Crippen molar-refractivity contribution < 1.29 is 41.0 Å². The molecule has 1 aromatic heterocycles. The monoisotopic (exact) mass is 506 g/mol. The zero-order valence-electron chi connectivity index (χ0n) is 16.2. The number of thioether (sulfide) groups is 1. The van der Waals surface area contributed by atoms with Crippen molar-refractivity contribution >= 4 is 44.3 Å². The van der Waals surface area contributed by atoms with Gasteiger partial charge in [0.05, 0.1) is 21.3 Å². The van der Waals surface area contributed by atoms with Crippen LogP contribution in [0.15, 0.2) is 41.4 Å². The van der Waals surface area contributed by atoms with Crippen LogP contribution in [-0.4, -0.2) is 32.9 Å². The van der Waals surface area contributed by atoms with E-state index in [9.17, 15) is 31.1 Å². The summed E-state index contributed by atoms with van der Waals surface area (Å²) in [6, 6.07) is 4.85. The first-order chi connectivity index (χ1) is 15.4. The molecule has 1 N–H and O–H groups in total. The highest BCUT2D eigenvalue weighted by molar-refractivity contribution is 8.15. The molecule has 2 aromatic carbocycles. The van der Waals surface area contributed by atoms with Crippen molar-refractivity contribution in [2.24, 2.45) is 4.99 Å². The molecule has 0 fully saturated rings. The second-order valence-corrected chi connectivity index (χ2v) is 8.94. The van der Waals surface area contributed by atoms with Crippen molar-refractivity contribution in [3.63, 3.8) is 0 Å². The highest BCUT2D eigenvalue weighted by Crippen LogP contribution is 2.37. The fraction of sp³-hybridized carbons (Fsp3) is 0.250. The van der Waals surface area contributed by atoms with Crippen molar-refractivity contribution in [1.29, 1.82) is 0 Å². The standard InChI is InChI=1S/C20H12F6N2O3S2/c21-19(22,23)10-1-3-12(20(24,25)26)9(5-10)7-31-11-2-4-13-15(6-11)33-17(27-13)16-28-14(8-32-16)18(29)30/h1-6,14H,7-8H2,(H,29,30). The maximum atomic E-state index is 13.2. The number of carboxylic acid groups (broad SMARTS) is 1. The number of hydrogen-bond acceptors (Lipinski definition) is 6. The Morgan fingerprint density at radius 3 is 2.48 bits per heavy atom. The highest BCUT2D eigenvalue weighted by atomic mass is 32.2. The molecule has 1 unspecified atom stereocenters. The molecule has 33 heavy (non-hydrogen) atoms. The largest absolute Gasteiger partial charge is 0.489 e. The molecule has 1 atom stereocenters. The zero-order chi connectivity index (χ0) is 24.0. The molecular formula is C20H12F6N2O3S2. The van der Waals surface area contributed by atoms with Crippen molar-refractivity contribution in [1.82, 2.24) is 4.98 Å². The van der Waals surface area contributed by atoms with Gasteiger partial charge >= 0.3 is 18.3 Å². The normalized spacial score (nSPS) is 16.8. The maximum Gasteiger partial charge on any atom is 0.416 e. The number of aromatic nitrogens is 1. The van der Waals surface area contributed by atoms with E-state index in [1.54, 1.807) is 6.07 Å². The number of aliphatic imine (C=N–C) groups is 1. The summed E-state index contributed by atoms with van der Waals surface area (Å²) >= 11 is 2.45. The summed E-state index contributed by atoms with van der Waals surface area (Å²) in [5.41, 5.74) is -2.51. The molecule has 174 valence electrons. The minimum atomic E-state index is -4.84. The number of benzene rings is 2. The molecular weight excluding hydrogens is 494 g/mol. The average Bonchev–Trinajstić information content (AvgIpc) is 3.37. The van der Waals surface area contributed by atoms with E-state index in [4.69, 9.17) is 9.84 Å². The van der Waals surface area contributed by atoms with Crippen LogP contribution in [0.1, 0.15) is 21.7 Å². The molecule has 0 aliphatic carbocycles. The molecule has 1 aliphatic rings. The Morgan fingerprint density at radius 1 is 1.09 bits per heavy atom. The van der Waals surface area contributed by atoms with E-state index >= 15 is 0 Å². The van der Waals surface area contributed by atoms with Crippen LogP contribution >= 0.6 is 23.1 Å². The topological polar surface area (TPSA) is 71.8 Å². The molecule has 3 aromatic rings. The number of carboxylic acids is 1. The third-order valence-corrected chi connectivity index (χ3v) is 6.82. The number of nitrogens with zero attached hydrogens (tertiary/aromatic N) is 2. The average molecular weight is 506 g/mol. The van der Waals surface area contributed by atoms with Crippen LogP contribution in [0.2, 0.25) is 0 Å². The van der Waals surface area contributed by atoms with Gasteiger partial charge in [0.15, 0.2) is 6.04 Å². The summed E-state index contributed by atoms with van der Waals surface area (Å²) in [6.07, 6.45) is -9.63. The number of carbonyl (C=O) groups is 1. The number of aliphatic carboxylic acids is 1. The molecule has 0 radical (unpaired) electrons. The van der Waals surface area contributed by atoms with Gasteiger partial charge in [-0.05, 0) is 36.4 Å². The van der Waals surface area contributed by atoms with Gasteiger partial charge in [0.1, 0.15) is 22.4 Å².